The summed E-state index contributed by atoms with van der Waals surface area (Å²) in [6.45, 7) is 0.682. The van der Waals surface area contributed by atoms with Gasteiger partial charge in [0.05, 0.1) is 23.6 Å². The molecule has 0 saturated heterocycles. The quantitative estimate of drug-likeness (QED) is 0.493. The van der Waals surface area contributed by atoms with Crippen molar-refractivity contribution in [2.45, 2.75) is 17.7 Å². The van der Waals surface area contributed by atoms with Gasteiger partial charge >= 0.3 is 5.97 Å². The molecule has 0 fully saturated rings. The molecule has 0 bridgehead atoms. The van der Waals surface area contributed by atoms with Crippen molar-refractivity contribution < 1.29 is 13.9 Å². The van der Waals surface area contributed by atoms with Crippen molar-refractivity contribution in [3.05, 3.63) is 23.0 Å². The highest BCUT2D eigenvalue weighted by Gasteiger charge is 2.15. The molecule has 23 heavy (non-hydrogen) atoms. The third-order valence-corrected chi connectivity index (χ3v) is 4.76. The number of carbonyl (C=O) groups is 1. The van der Waals surface area contributed by atoms with Gasteiger partial charge in [-0.15, -0.1) is 11.8 Å². The van der Waals surface area contributed by atoms with Crippen LogP contribution in [0.25, 0.3) is 0 Å². The third kappa shape index (κ3) is 5.05. The number of halogens is 2. The number of nitrogens with zero attached hydrogens (tertiary/aromatic N) is 2. The van der Waals surface area contributed by atoms with Gasteiger partial charge in [-0.2, -0.15) is 5.10 Å². The summed E-state index contributed by atoms with van der Waals surface area (Å²) in [5, 5.41) is 9.13. The normalized spacial score (nSPS) is 13.8. The first-order chi connectivity index (χ1) is 11.0. The van der Waals surface area contributed by atoms with Gasteiger partial charge in [-0.05, 0) is 37.2 Å². The Morgan fingerprint density at radius 3 is 3.04 bits per heavy atom. The van der Waals surface area contributed by atoms with Crippen molar-refractivity contribution in [2.75, 3.05) is 24.7 Å². The molecular weight excluding hydrogens is 361 g/mol. The summed E-state index contributed by atoms with van der Waals surface area (Å²) in [6, 6.07) is 2.71. The molecule has 124 valence electrons. The molecule has 0 aliphatic carbocycles. The smallest absolute Gasteiger partial charge is 0.315 e. The lowest BCUT2D eigenvalue weighted by molar-refractivity contribution is -0.137. The summed E-state index contributed by atoms with van der Waals surface area (Å²) >= 11 is 12.4. The molecule has 1 aromatic carbocycles. The molecule has 5 nitrogen and oxygen atoms in total. The molecule has 0 spiro atoms. The summed E-state index contributed by atoms with van der Waals surface area (Å²) in [4.78, 5) is 11.8. The van der Waals surface area contributed by atoms with E-state index in [-0.39, 0.29) is 22.4 Å². The molecule has 9 heteroatoms. The van der Waals surface area contributed by atoms with Crippen molar-refractivity contribution >= 4 is 58.6 Å². The minimum atomic E-state index is -0.527. The highest BCUT2D eigenvalue weighted by molar-refractivity contribution is 8.00. The van der Waals surface area contributed by atoms with Crippen molar-refractivity contribution in [2.24, 2.45) is 5.10 Å². The van der Waals surface area contributed by atoms with Crippen LogP contribution in [0.15, 0.2) is 22.1 Å². The molecule has 0 amide bonds. The largest absolute Gasteiger partial charge is 0.468 e. The summed E-state index contributed by atoms with van der Waals surface area (Å²) in [5.74, 6) is -0.828. The number of thiocarbonyl (C=S) groups is 1. The topological polar surface area (TPSA) is 53.9 Å². The standard InChI is InChI=1S/C14H15ClFN3O2S2/c1-21-13(20)8-23-12-7-11(10(16)6-9(12)15)18-14(22)19-5-3-2-4-17-19/h4,6-7H,2-3,5,8H2,1H3,(H,18,22). The Bertz CT molecular complexity index is 643. The van der Waals surface area contributed by atoms with Crippen molar-refractivity contribution in [1.82, 2.24) is 5.01 Å². The molecule has 0 unspecified atom stereocenters. The fraction of sp³-hybridized carbons (Fsp3) is 0.357. The number of hydrogen-bond acceptors (Lipinski definition) is 5. The first kappa shape index (κ1) is 18.0. The number of hydrazone groups is 1. The van der Waals surface area contributed by atoms with Crippen LogP contribution in [0.4, 0.5) is 10.1 Å². The Labute approximate surface area is 148 Å². The van der Waals surface area contributed by atoms with Gasteiger partial charge < -0.3 is 10.1 Å². The van der Waals surface area contributed by atoms with Gasteiger partial charge in [-0.25, -0.2) is 9.40 Å². The van der Waals surface area contributed by atoms with E-state index in [1.165, 1.54) is 31.0 Å². The Morgan fingerprint density at radius 2 is 2.39 bits per heavy atom. The molecular formula is C14H15ClFN3O2S2. The molecule has 0 saturated carbocycles. The molecule has 1 heterocycles. The Balaban J connectivity index is 2.11. The maximum absolute atomic E-state index is 14.1. The number of esters is 1. The van der Waals surface area contributed by atoms with Crippen LogP contribution in [0.5, 0.6) is 0 Å². The van der Waals surface area contributed by atoms with Crippen molar-refractivity contribution in [3.8, 4) is 0 Å². The number of hydrogen-bond donors (Lipinski definition) is 1. The van der Waals surface area contributed by atoms with E-state index in [2.05, 4.69) is 15.2 Å². The van der Waals surface area contributed by atoms with E-state index in [4.69, 9.17) is 23.8 Å². The zero-order chi connectivity index (χ0) is 16.8. The lowest BCUT2D eigenvalue weighted by Crippen LogP contribution is -2.33. The average Bonchev–Trinajstić information content (AvgIpc) is 2.56. The molecule has 0 radical (unpaired) electrons. The van der Waals surface area contributed by atoms with Gasteiger partial charge in [0.1, 0.15) is 5.82 Å². The second-order valence-electron chi connectivity index (χ2n) is 4.62. The number of carbonyl (C=O) groups excluding carboxylic acids is 1. The van der Waals surface area contributed by atoms with E-state index < -0.39 is 5.82 Å². The van der Waals surface area contributed by atoms with E-state index in [0.717, 1.165) is 12.8 Å². The third-order valence-electron chi connectivity index (χ3n) is 2.99. The zero-order valence-electron chi connectivity index (χ0n) is 12.3. The van der Waals surface area contributed by atoms with E-state index in [1.54, 1.807) is 11.2 Å². The Morgan fingerprint density at radius 1 is 1.61 bits per heavy atom. The van der Waals surface area contributed by atoms with Crippen LogP contribution in [0.1, 0.15) is 12.8 Å². The summed E-state index contributed by atoms with van der Waals surface area (Å²) in [6.07, 6.45) is 3.62. The Kier molecular flexibility index (Phi) is 6.61. The first-order valence-corrected chi connectivity index (χ1v) is 8.58. The number of benzene rings is 1. The van der Waals surface area contributed by atoms with E-state index in [0.29, 0.717) is 16.6 Å². The SMILES string of the molecule is COC(=O)CSc1cc(NC(=S)N2CCCC=N2)c(F)cc1Cl. The van der Waals surface area contributed by atoms with Gasteiger partial charge in [0.2, 0.25) is 0 Å². The number of nitrogens with one attached hydrogen (secondary N) is 1. The fourth-order valence-corrected chi connectivity index (χ4v) is 3.16. The number of ether oxygens (including phenoxy) is 1. The molecule has 1 aromatic rings. The number of methoxy groups -OCH3 is 1. The highest BCUT2D eigenvalue weighted by atomic mass is 35.5. The monoisotopic (exact) mass is 375 g/mol. The number of anilines is 1. The van der Waals surface area contributed by atoms with E-state index >= 15 is 0 Å². The maximum atomic E-state index is 14.1. The number of rotatable bonds is 4. The van der Waals surface area contributed by atoms with Crippen LogP contribution in [0.2, 0.25) is 5.02 Å². The van der Waals surface area contributed by atoms with Crippen LogP contribution >= 0.6 is 35.6 Å². The fourth-order valence-electron chi connectivity index (χ4n) is 1.81. The van der Waals surface area contributed by atoms with Crippen LogP contribution in [-0.4, -0.2) is 41.7 Å². The predicted octanol–water partition coefficient (Wildman–Crippen LogP) is 3.52. The molecule has 1 aliphatic rings. The van der Waals surface area contributed by atoms with Crippen LogP contribution in [0, 0.1) is 5.82 Å². The molecule has 0 atom stereocenters. The first-order valence-electron chi connectivity index (χ1n) is 6.81. The summed E-state index contributed by atoms with van der Waals surface area (Å²) in [7, 11) is 1.31. The van der Waals surface area contributed by atoms with Gasteiger partial charge in [0.15, 0.2) is 5.11 Å². The van der Waals surface area contributed by atoms with Gasteiger partial charge in [0.25, 0.3) is 0 Å². The lowest BCUT2D eigenvalue weighted by atomic mass is 10.3. The van der Waals surface area contributed by atoms with Crippen LogP contribution < -0.4 is 5.32 Å². The lowest BCUT2D eigenvalue weighted by Gasteiger charge is -2.23. The maximum Gasteiger partial charge on any atom is 0.315 e. The Hall–Kier alpha value is -1.38. The second kappa shape index (κ2) is 8.47. The molecule has 1 aliphatic heterocycles. The second-order valence-corrected chi connectivity index (χ2v) is 6.43. The van der Waals surface area contributed by atoms with Gasteiger partial charge in [-0.1, -0.05) is 11.6 Å². The van der Waals surface area contributed by atoms with E-state index in [9.17, 15) is 9.18 Å². The zero-order valence-corrected chi connectivity index (χ0v) is 14.7. The minimum absolute atomic E-state index is 0.0855. The van der Waals surface area contributed by atoms with Crippen molar-refractivity contribution in [3.63, 3.8) is 0 Å². The van der Waals surface area contributed by atoms with Crippen molar-refractivity contribution in [1.29, 1.82) is 0 Å². The van der Waals surface area contributed by atoms with Gasteiger partial charge in [-0.3, -0.25) is 4.79 Å². The van der Waals surface area contributed by atoms with Crippen LogP contribution in [0.3, 0.4) is 0 Å². The number of thioether (sulfide) groups is 1. The van der Waals surface area contributed by atoms with Crippen LogP contribution in [-0.2, 0) is 9.53 Å². The molecule has 1 N–H and O–H groups in total. The summed E-state index contributed by atoms with van der Waals surface area (Å²) < 4.78 is 18.6. The molecule has 0 aromatic heterocycles. The summed E-state index contributed by atoms with van der Waals surface area (Å²) in [5.41, 5.74) is 0.188. The molecule has 2 rings (SSSR count). The predicted molar refractivity (Wildman–Crippen MR) is 94.8 cm³/mol. The average molecular weight is 376 g/mol. The highest BCUT2D eigenvalue weighted by Crippen LogP contribution is 2.32. The minimum Gasteiger partial charge on any atom is -0.468 e. The van der Waals surface area contributed by atoms with Gasteiger partial charge in [0, 0.05) is 17.7 Å². The van der Waals surface area contributed by atoms with E-state index in [1.807, 2.05) is 0 Å².